The van der Waals surface area contributed by atoms with E-state index in [2.05, 4.69) is 16.2 Å². The van der Waals surface area contributed by atoms with Crippen LogP contribution in [0, 0.1) is 16.2 Å². The summed E-state index contributed by atoms with van der Waals surface area (Å²) in [4.78, 5) is 19.6. The van der Waals surface area contributed by atoms with Gasteiger partial charge in [0.25, 0.3) is 0 Å². The molecule has 26 heavy (non-hydrogen) atoms. The Morgan fingerprint density at radius 2 is 1.88 bits per heavy atom. The molecule has 4 aromatic rings. The molecule has 122 valence electrons. The van der Waals surface area contributed by atoms with E-state index in [1.807, 2.05) is 48.5 Å². The first kappa shape index (κ1) is 14.6. The maximum Gasteiger partial charge on any atom is 0.143 e. The quantitative estimate of drug-likeness (QED) is 0.526. The van der Waals surface area contributed by atoms with E-state index in [4.69, 9.17) is 4.98 Å². The molecule has 5 heteroatoms. The summed E-state index contributed by atoms with van der Waals surface area (Å²) in [6.07, 6.45) is 0. The van der Waals surface area contributed by atoms with E-state index in [1.165, 1.54) is 0 Å². The van der Waals surface area contributed by atoms with Crippen molar-refractivity contribution in [1.29, 1.82) is 5.26 Å². The molecule has 0 spiro atoms. The van der Waals surface area contributed by atoms with Crippen LogP contribution < -0.4 is 0 Å². The number of nitrogens with zero attached hydrogens (tertiary/aromatic N) is 3. The summed E-state index contributed by atoms with van der Waals surface area (Å²) in [5.41, 5.74) is 6.81. The SMILES string of the molecule is N#Cc1ccc2c(c1)C(N=O)c1cccc(-c3nc4ccccc4[nH]3)c1-2. The Morgan fingerprint density at radius 1 is 1.00 bits per heavy atom. The Bertz CT molecular complexity index is 1200. The molecule has 0 fully saturated rings. The number of aromatic nitrogens is 2. The first-order valence-electron chi connectivity index (χ1n) is 8.25. The van der Waals surface area contributed by atoms with Crippen LogP contribution in [-0.2, 0) is 0 Å². The van der Waals surface area contributed by atoms with Gasteiger partial charge in [0.05, 0.1) is 22.7 Å². The predicted octanol–water partition coefficient (Wildman–Crippen LogP) is 4.94. The summed E-state index contributed by atoms with van der Waals surface area (Å²) >= 11 is 0. The second kappa shape index (κ2) is 5.36. The average Bonchev–Trinajstić information content (AvgIpc) is 3.25. The van der Waals surface area contributed by atoms with Crippen molar-refractivity contribution in [3.8, 4) is 28.6 Å². The zero-order valence-corrected chi connectivity index (χ0v) is 13.6. The third kappa shape index (κ3) is 1.93. The molecule has 0 saturated carbocycles. The van der Waals surface area contributed by atoms with E-state index >= 15 is 0 Å². The maximum absolute atomic E-state index is 11.6. The van der Waals surface area contributed by atoms with Gasteiger partial charge in [-0.05, 0) is 46.5 Å². The molecule has 1 N–H and O–H groups in total. The fraction of sp³-hybridized carbons (Fsp3) is 0.0476. The highest BCUT2D eigenvalue weighted by Gasteiger charge is 2.32. The predicted molar refractivity (Wildman–Crippen MR) is 99.3 cm³/mol. The number of para-hydroxylation sites is 2. The summed E-state index contributed by atoms with van der Waals surface area (Å²) in [7, 11) is 0. The molecule has 1 aliphatic rings. The van der Waals surface area contributed by atoms with Gasteiger partial charge in [-0.25, -0.2) is 4.98 Å². The van der Waals surface area contributed by atoms with Gasteiger partial charge in [0.2, 0.25) is 0 Å². The summed E-state index contributed by atoms with van der Waals surface area (Å²) in [6, 6.07) is 20.6. The Kier molecular flexibility index (Phi) is 3.00. The fourth-order valence-electron chi connectivity index (χ4n) is 3.74. The maximum atomic E-state index is 11.6. The number of aromatic amines is 1. The molecule has 3 aromatic carbocycles. The van der Waals surface area contributed by atoms with E-state index in [0.29, 0.717) is 5.56 Å². The molecule has 1 heterocycles. The molecular formula is C21H12N4O. The summed E-state index contributed by atoms with van der Waals surface area (Å²) in [5, 5.41) is 12.5. The van der Waals surface area contributed by atoms with Gasteiger partial charge in [-0.15, -0.1) is 4.91 Å². The normalized spacial score (nSPS) is 14.7. The van der Waals surface area contributed by atoms with Crippen LogP contribution in [0.5, 0.6) is 0 Å². The van der Waals surface area contributed by atoms with Crippen LogP contribution in [-0.4, -0.2) is 9.97 Å². The number of imidazole rings is 1. The largest absolute Gasteiger partial charge is 0.338 e. The van der Waals surface area contributed by atoms with Gasteiger partial charge in [0.1, 0.15) is 11.9 Å². The highest BCUT2D eigenvalue weighted by atomic mass is 16.3. The topological polar surface area (TPSA) is 81.9 Å². The van der Waals surface area contributed by atoms with Crippen molar-refractivity contribution < 1.29 is 0 Å². The second-order valence-electron chi connectivity index (χ2n) is 6.29. The van der Waals surface area contributed by atoms with Crippen molar-refractivity contribution in [3.05, 3.63) is 82.3 Å². The molecule has 0 amide bonds. The van der Waals surface area contributed by atoms with Crippen molar-refractivity contribution in [3.63, 3.8) is 0 Å². The molecule has 5 rings (SSSR count). The molecule has 0 bridgehead atoms. The first-order chi connectivity index (χ1) is 12.8. The average molecular weight is 336 g/mol. The lowest BCUT2D eigenvalue weighted by Gasteiger charge is -2.07. The number of nitriles is 1. The van der Waals surface area contributed by atoms with Gasteiger partial charge in [0, 0.05) is 5.56 Å². The van der Waals surface area contributed by atoms with Gasteiger partial charge >= 0.3 is 0 Å². The van der Waals surface area contributed by atoms with Crippen LogP contribution >= 0.6 is 0 Å². The fourth-order valence-corrected chi connectivity index (χ4v) is 3.74. The molecule has 1 unspecified atom stereocenters. The number of nitrogens with one attached hydrogen (secondary N) is 1. The first-order valence-corrected chi connectivity index (χ1v) is 8.25. The van der Waals surface area contributed by atoms with E-state index in [1.54, 1.807) is 12.1 Å². The number of hydrogen-bond donors (Lipinski definition) is 1. The van der Waals surface area contributed by atoms with Gasteiger partial charge < -0.3 is 4.98 Å². The lowest BCUT2D eigenvalue weighted by Crippen LogP contribution is -1.92. The van der Waals surface area contributed by atoms with E-state index in [0.717, 1.165) is 44.7 Å². The minimum absolute atomic E-state index is 0.524. The highest BCUT2D eigenvalue weighted by molar-refractivity contribution is 5.92. The number of H-pyrrole nitrogens is 1. The third-order valence-corrected chi connectivity index (χ3v) is 4.89. The molecule has 0 saturated heterocycles. The Balaban J connectivity index is 1.80. The van der Waals surface area contributed by atoms with Crippen LogP contribution in [0.2, 0.25) is 0 Å². The molecule has 1 aliphatic carbocycles. The van der Waals surface area contributed by atoms with Crippen molar-refractivity contribution >= 4 is 11.0 Å². The van der Waals surface area contributed by atoms with Gasteiger partial charge in [-0.1, -0.05) is 41.6 Å². The molecule has 1 aromatic heterocycles. The van der Waals surface area contributed by atoms with Crippen LogP contribution in [0.25, 0.3) is 33.5 Å². The molecular weight excluding hydrogens is 324 g/mol. The van der Waals surface area contributed by atoms with Crippen LogP contribution in [0.4, 0.5) is 0 Å². The van der Waals surface area contributed by atoms with E-state index < -0.39 is 6.04 Å². The van der Waals surface area contributed by atoms with Gasteiger partial charge in [0.15, 0.2) is 0 Å². The number of hydrogen-bond acceptors (Lipinski definition) is 4. The van der Waals surface area contributed by atoms with Crippen LogP contribution in [0.15, 0.2) is 65.8 Å². The van der Waals surface area contributed by atoms with Crippen molar-refractivity contribution in [1.82, 2.24) is 9.97 Å². The van der Waals surface area contributed by atoms with Crippen LogP contribution in [0.1, 0.15) is 22.7 Å². The minimum atomic E-state index is -0.599. The smallest absolute Gasteiger partial charge is 0.143 e. The molecule has 5 nitrogen and oxygen atoms in total. The Hall–Kier alpha value is -3.78. The van der Waals surface area contributed by atoms with E-state index in [-0.39, 0.29) is 0 Å². The lowest BCUT2D eigenvalue weighted by molar-refractivity contribution is 0.891. The Morgan fingerprint density at radius 3 is 2.69 bits per heavy atom. The number of benzene rings is 3. The zero-order valence-electron chi connectivity index (χ0n) is 13.6. The summed E-state index contributed by atoms with van der Waals surface area (Å²) in [5.74, 6) is 0.755. The third-order valence-electron chi connectivity index (χ3n) is 4.89. The number of fused-ring (bicyclic) bond motifs is 4. The van der Waals surface area contributed by atoms with Crippen molar-refractivity contribution in [2.24, 2.45) is 5.18 Å². The van der Waals surface area contributed by atoms with Gasteiger partial charge in [-0.3, -0.25) is 0 Å². The van der Waals surface area contributed by atoms with E-state index in [9.17, 15) is 10.2 Å². The number of nitroso groups, excluding NO2 is 1. The summed E-state index contributed by atoms with van der Waals surface area (Å²) < 4.78 is 0. The highest BCUT2D eigenvalue weighted by Crippen LogP contribution is 2.49. The van der Waals surface area contributed by atoms with Crippen molar-refractivity contribution in [2.45, 2.75) is 6.04 Å². The second-order valence-corrected chi connectivity index (χ2v) is 6.29. The number of rotatable bonds is 2. The molecule has 0 radical (unpaired) electrons. The van der Waals surface area contributed by atoms with Crippen molar-refractivity contribution in [2.75, 3.05) is 0 Å². The monoisotopic (exact) mass is 336 g/mol. The van der Waals surface area contributed by atoms with Crippen LogP contribution in [0.3, 0.4) is 0 Å². The molecule has 0 aliphatic heterocycles. The summed E-state index contributed by atoms with van der Waals surface area (Å²) in [6.45, 7) is 0. The molecule has 1 atom stereocenters. The van der Waals surface area contributed by atoms with Gasteiger partial charge in [-0.2, -0.15) is 5.26 Å². The lowest BCUT2D eigenvalue weighted by atomic mass is 9.98. The zero-order chi connectivity index (χ0) is 17.7. The minimum Gasteiger partial charge on any atom is -0.338 e. The Labute approximate surface area is 148 Å². The standard InChI is InChI=1S/C21H12N4O/c22-11-12-8-9-13-16(10-12)20(25-26)14-4-3-5-15(19(13)14)21-23-17-6-1-2-7-18(17)24-21/h1-10,20H,(H,23,24).